The molecule has 2 unspecified atom stereocenters. The van der Waals surface area contributed by atoms with Crippen molar-refractivity contribution in [1.82, 2.24) is 4.31 Å². The van der Waals surface area contributed by atoms with E-state index < -0.39 is 15.8 Å². The Balaban J connectivity index is 2.38. The molecular weight excluding hydrogens is 299 g/mol. The second-order valence-electron chi connectivity index (χ2n) is 5.01. The minimum absolute atomic E-state index is 0.00741. The Labute approximate surface area is 123 Å². The number of ether oxygens (including phenoxy) is 2. The highest BCUT2D eigenvalue weighted by Crippen LogP contribution is 2.28. The molecule has 1 aromatic rings. The molecule has 0 aliphatic carbocycles. The van der Waals surface area contributed by atoms with E-state index in [0.29, 0.717) is 5.56 Å². The molecule has 0 spiro atoms. The van der Waals surface area contributed by atoms with Crippen molar-refractivity contribution in [2.75, 3.05) is 33.0 Å². The lowest BCUT2D eigenvalue weighted by atomic mass is 10.2. The fraction of sp³-hybridized carbons (Fsp3) is 0.538. The van der Waals surface area contributed by atoms with E-state index >= 15 is 0 Å². The Bertz CT molecular complexity index is 623. The molecule has 0 saturated carbocycles. The van der Waals surface area contributed by atoms with Crippen LogP contribution in [0.4, 0.5) is 10.1 Å². The van der Waals surface area contributed by atoms with Crippen molar-refractivity contribution in [3.05, 3.63) is 23.5 Å². The molecule has 8 heteroatoms. The van der Waals surface area contributed by atoms with Gasteiger partial charge in [0, 0.05) is 27.3 Å². The molecule has 0 amide bonds. The first kappa shape index (κ1) is 16.2. The van der Waals surface area contributed by atoms with Crippen LogP contribution in [-0.2, 0) is 19.5 Å². The largest absolute Gasteiger partial charge is 0.396 e. The number of nitrogens with two attached hydrogens (primary N) is 1. The second kappa shape index (κ2) is 5.88. The van der Waals surface area contributed by atoms with E-state index in [4.69, 9.17) is 15.2 Å². The van der Waals surface area contributed by atoms with E-state index in [2.05, 4.69) is 0 Å². The molecule has 1 heterocycles. The Morgan fingerprint density at radius 2 is 1.76 bits per heavy atom. The number of nitrogens with zero attached hydrogens (tertiary/aromatic N) is 1. The summed E-state index contributed by atoms with van der Waals surface area (Å²) in [5.74, 6) is -0.627. The minimum atomic E-state index is -3.77. The summed E-state index contributed by atoms with van der Waals surface area (Å²) in [6.45, 7) is 1.91. The summed E-state index contributed by atoms with van der Waals surface area (Å²) >= 11 is 0. The van der Waals surface area contributed by atoms with Gasteiger partial charge in [-0.25, -0.2) is 12.8 Å². The van der Waals surface area contributed by atoms with Gasteiger partial charge in [0.15, 0.2) is 0 Å². The van der Waals surface area contributed by atoms with E-state index in [-0.39, 0.29) is 35.9 Å². The molecule has 0 bridgehead atoms. The molecule has 1 aromatic carbocycles. The van der Waals surface area contributed by atoms with E-state index in [0.717, 1.165) is 12.1 Å². The van der Waals surface area contributed by atoms with Crippen molar-refractivity contribution in [1.29, 1.82) is 0 Å². The average molecular weight is 318 g/mol. The molecule has 2 rings (SSSR count). The van der Waals surface area contributed by atoms with Gasteiger partial charge < -0.3 is 15.2 Å². The molecule has 0 radical (unpaired) electrons. The topological polar surface area (TPSA) is 81.9 Å². The normalized spacial score (nSPS) is 23.6. The summed E-state index contributed by atoms with van der Waals surface area (Å²) in [6.07, 6.45) is -0.661. The van der Waals surface area contributed by atoms with E-state index in [1.807, 2.05) is 0 Å². The van der Waals surface area contributed by atoms with Gasteiger partial charge in [0.2, 0.25) is 10.0 Å². The highest BCUT2D eigenvalue weighted by molar-refractivity contribution is 7.89. The van der Waals surface area contributed by atoms with Crippen molar-refractivity contribution >= 4 is 15.7 Å². The van der Waals surface area contributed by atoms with Gasteiger partial charge in [-0.15, -0.1) is 0 Å². The fourth-order valence-electron chi connectivity index (χ4n) is 2.45. The van der Waals surface area contributed by atoms with Crippen LogP contribution in [0.5, 0.6) is 0 Å². The number of halogens is 1. The molecule has 1 saturated heterocycles. The summed E-state index contributed by atoms with van der Waals surface area (Å²) in [5, 5.41) is 0. The minimum Gasteiger partial charge on any atom is -0.396 e. The lowest BCUT2D eigenvalue weighted by Crippen LogP contribution is -2.30. The zero-order chi connectivity index (χ0) is 15.8. The summed E-state index contributed by atoms with van der Waals surface area (Å²) in [5.41, 5.74) is 5.61. The zero-order valence-electron chi connectivity index (χ0n) is 12.2. The van der Waals surface area contributed by atoms with Crippen LogP contribution in [-0.4, -0.2) is 52.2 Å². The molecule has 2 atom stereocenters. The van der Waals surface area contributed by atoms with Crippen LogP contribution in [0.25, 0.3) is 0 Å². The lowest BCUT2D eigenvalue weighted by molar-refractivity contribution is -0.00461. The van der Waals surface area contributed by atoms with Crippen LogP contribution < -0.4 is 5.73 Å². The van der Waals surface area contributed by atoms with Gasteiger partial charge in [0.05, 0.1) is 22.8 Å². The van der Waals surface area contributed by atoms with E-state index in [1.165, 1.54) is 25.4 Å². The monoisotopic (exact) mass is 318 g/mol. The third-order valence-electron chi connectivity index (χ3n) is 3.70. The molecule has 6 nitrogen and oxygen atoms in total. The molecule has 2 N–H and O–H groups in total. The van der Waals surface area contributed by atoms with Crippen molar-refractivity contribution < 1.29 is 22.3 Å². The van der Waals surface area contributed by atoms with Crippen LogP contribution in [0.2, 0.25) is 0 Å². The first-order chi connectivity index (χ1) is 9.81. The smallest absolute Gasteiger partial charge is 0.243 e. The SMILES string of the molecule is COC1CN(S(=O)(=O)c2cc(N)c(F)cc2C)CC1OC. The van der Waals surface area contributed by atoms with E-state index in [9.17, 15) is 12.8 Å². The van der Waals surface area contributed by atoms with E-state index in [1.54, 1.807) is 0 Å². The Morgan fingerprint density at radius 1 is 1.24 bits per heavy atom. The number of anilines is 1. The number of methoxy groups -OCH3 is 2. The second-order valence-corrected chi connectivity index (χ2v) is 6.92. The predicted molar refractivity (Wildman–Crippen MR) is 75.9 cm³/mol. The van der Waals surface area contributed by atoms with Crippen LogP contribution in [0.3, 0.4) is 0 Å². The van der Waals surface area contributed by atoms with Crippen molar-refractivity contribution in [3.63, 3.8) is 0 Å². The number of hydrogen-bond donors (Lipinski definition) is 1. The highest BCUT2D eigenvalue weighted by Gasteiger charge is 2.40. The fourth-order valence-corrected chi connectivity index (χ4v) is 4.15. The first-order valence-electron chi connectivity index (χ1n) is 6.42. The van der Waals surface area contributed by atoms with Gasteiger partial charge in [-0.1, -0.05) is 0 Å². The maximum atomic E-state index is 13.4. The third-order valence-corrected chi connectivity index (χ3v) is 5.67. The Morgan fingerprint density at radius 3 is 2.24 bits per heavy atom. The number of sulfonamides is 1. The zero-order valence-corrected chi connectivity index (χ0v) is 13.0. The van der Waals surface area contributed by atoms with Crippen molar-refractivity contribution in [2.45, 2.75) is 24.0 Å². The number of aryl methyl sites for hydroxylation is 1. The molecule has 0 aromatic heterocycles. The standard InChI is InChI=1S/C13H19FN2O4S/c1-8-4-9(14)10(15)5-13(8)21(17,18)16-6-11(19-2)12(7-16)20-3/h4-5,11-12H,6-7,15H2,1-3H3. The van der Waals surface area contributed by atoms with Crippen LogP contribution in [0.1, 0.15) is 5.56 Å². The molecule has 1 aliphatic heterocycles. The molecule has 21 heavy (non-hydrogen) atoms. The van der Waals surface area contributed by atoms with Gasteiger partial charge in [0.25, 0.3) is 0 Å². The first-order valence-corrected chi connectivity index (χ1v) is 7.86. The number of nitrogen functional groups attached to an aromatic ring is 1. The maximum absolute atomic E-state index is 13.4. The van der Waals surface area contributed by atoms with Crippen LogP contribution in [0.15, 0.2) is 17.0 Å². The summed E-state index contributed by atoms with van der Waals surface area (Å²) < 4.78 is 50.5. The van der Waals surface area contributed by atoms with Crippen molar-refractivity contribution in [2.24, 2.45) is 0 Å². The number of hydrogen-bond acceptors (Lipinski definition) is 5. The van der Waals surface area contributed by atoms with Gasteiger partial charge in [-0.3, -0.25) is 0 Å². The van der Waals surface area contributed by atoms with Gasteiger partial charge in [-0.2, -0.15) is 4.31 Å². The molecule has 1 fully saturated rings. The summed E-state index contributed by atoms with van der Waals surface area (Å²) in [4.78, 5) is 0.00741. The quantitative estimate of drug-likeness (QED) is 0.829. The average Bonchev–Trinajstić information content (AvgIpc) is 2.86. The summed E-state index contributed by atoms with van der Waals surface area (Å²) in [7, 11) is -0.752. The Hall–Kier alpha value is -1.22. The molecular formula is C13H19FN2O4S. The highest BCUT2D eigenvalue weighted by atomic mass is 32.2. The third kappa shape index (κ3) is 2.89. The Kier molecular flexibility index (Phi) is 4.52. The van der Waals surface area contributed by atoms with Gasteiger partial charge >= 0.3 is 0 Å². The number of benzene rings is 1. The van der Waals surface area contributed by atoms with Crippen molar-refractivity contribution in [3.8, 4) is 0 Å². The lowest BCUT2D eigenvalue weighted by Gasteiger charge is -2.18. The maximum Gasteiger partial charge on any atom is 0.243 e. The van der Waals surface area contributed by atoms with Gasteiger partial charge in [0.1, 0.15) is 5.82 Å². The summed E-state index contributed by atoms with van der Waals surface area (Å²) in [6, 6.07) is 2.28. The van der Waals surface area contributed by atoms with Gasteiger partial charge in [-0.05, 0) is 24.6 Å². The number of rotatable bonds is 4. The van der Waals surface area contributed by atoms with Crippen LogP contribution >= 0.6 is 0 Å². The predicted octanol–water partition coefficient (Wildman–Crippen LogP) is 0.751. The molecule has 118 valence electrons. The van der Waals surface area contributed by atoms with Crippen LogP contribution in [0, 0.1) is 12.7 Å². The molecule has 1 aliphatic rings.